The van der Waals surface area contributed by atoms with Crippen LogP contribution in [0.3, 0.4) is 0 Å². The first-order chi connectivity index (χ1) is 7.81. The third-order valence-electron chi connectivity index (χ3n) is 2.57. The van der Waals surface area contributed by atoms with Crippen LogP contribution in [0.2, 0.25) is 0 Å². The summed E-state index contributed by atoms with van der Waals surface area (Å²) >= 11 is 0. The Balaban J connectivity index is 2.31. The van der Waals surface area contributed by atoms with Crippen LogP contribution in [-0.4, -0.2) is 6.54 Å². The lowest BCUT2D eigenvalue weighted by Crippen LogP contribution is -2.02. The van der Waals surface area contributed by atoms with Crippen LogP contribution in [0.15, 0.2) is 48.5 Å². The van der Waals surface area contributed by atoms with E-state index in [9.17, 15) is 4.39 Å². The number of rotatable bonds is 3. The maximum absolute atomic E-state index is 13.5. The molecule has 1 nitrogen and oxygen atoms in total. The number of hydrogen-bond donors (Lipinski definition) is 1. The highest BCUT2D eigenvalue weighted by Crippen LogP contribution is 2.22. The average molecular weight is 215 g/mol. The summed E-state index contributed by atoms with van der Waals surface area (Å²) in [6.45, 7) is 0.638. The molecular weight excluding hydrogens is 201 g/mol. The van der Waals surface area contributed by atoms with Gasteiger partial charge in [-0.05, 0) is 30.2 Å². The zero-order valence-corrected chi connectivity index (χ0v) is 8.99. The molecule has 0 spiro atoms. The Labute approximate surface area is 94.7 Å². The molecular formula is C14H14FN. The van der Waals surface area contributed by atoms with Crippen LogP contribution in [-0.2, 0) is 6.42 Å². The molecule has 2 N–H and O–H groups in total. The largest absolute Gasteiger partial charge is 0.330 e. The van der Waals surface area contributed by atoms with Gasteiger partial charge >= 0.3 is 0 Å². The molecule has 0 fully saturated rings. The van der Waals surface area contributed by atoms with E-state index in [0.717, 1.165) is 12.0 Å². The van der Waals surface area contributed by atoms with Crippen molar-refractivity contribution in [3.05, 3.63) is 59.9 Å². The fourth-order valence-electron chi connectivity index (χ4n) is 1.71. The Hall–Kier alpha value is -1.67. The molecule has 82 valence electrons. The summed E-state index contributed by atoms with van der Waals surface area (Å²) in [5.74, 6) is -0.186. The van der Waals surface area contributed by atoms with Gasteiger partial charge in [-0.2, -0.15) is 0 Å². The maximum Gasteiger partial charge on any atom is 0.131 e. The summed E-state index contributed by atoms with van der Waals surface area (Å²) in [5, 5.41) is 0. The lowest BCUT2D eigenvalue weighted by molar-refractivity contribution is 0.631. The molecule has 0 aliphatic carbocycles. The fraction of sp³-hybridized carbons (Fsp3) is 0.143. The summed E-state index contributed by atoms with van der Waals surface area (Å²) in [4.78, 5) is 0. The van der Waals surface area contributed by atoms with Gasteiger partial charge in [0.1, 0.15) is 5.82 Å². The molecule has 0 aromatic heterocycles. The van der Waals surface area contributed by atoms with Gasteiger partial charge in [0.25, 0.3) is 0 Å². The van der Waals surface area contributed by atoms with Crippen molar-refractivity contribution in [2.45, 2.75) is 6.42 Å². The third kappa shape index (κ3) is 2.28. The zero-order chi connectivity index (χ0) is 11.4. The van der Waals surface area contributed by atoms with Crippen LogP contribution in [0.25, 0.3) is 11.1 Å². The van der Waals surface area contributed by atoms with Crippen molar-refractivity contribution in [3.63, 3.8) is 0 Å². The SMILES string of the molecule is NCCc1ccc(-c2ccccc2F)cc1. The number of nitrogens with two attached hydrogens (primary N) is 1. The van der Waals surface area contributed by atoms with Crippen molar-refractivity contribution in [1.82, 2.24) is 0 Å². The van der Waals surface area contributed by atoms with Gasteiger partial charge in [-0.25, -0.2) is 4.39 Å². The molecule has 0 atom stereocenters. The van der Waals surface area contributed by atoms with E-state index in [1.807, 2.05) is 30.3 Å². The van der Waals surface area contributed by atoms with Crippen molar-refractivity contribution >= 4 is 0 Å². The van der Waals surface area contributed by atoms with Crippen LogP contribution in [0.1, 0.15) is 5.56 Å². The van der Waals surface area contributed by atoms with Crippen molar-refractivity contribution < 1.29 is 4.39 Å². The third-order valence-corrected chi connectivity index (χ3v) is 2.57. The minimum absolute atomic E-state index is 0.186. The molecule has 0 radical (unpaired) electrons. The average Bonchev–Trinajstić information content (AvgIpc) is 2.31. The highest BCUT2D eigenvalue weighted by Gasteiger charge is 2.03. The van der Waals surface area contributed by atoms with E-state index in [0.29, 0.717) is 12.1 Å². The summed E-state index contributed by atoms with van der Waals surface area (Å²) < 4.78 is 13.5. The first-order valence-corrected chi connectivity index (χ1v) is 5.35. The molecule has 16 heavy (non-hydrogen) atoms. The van der Waals surface area contributed by atoms with Gasteiger partial charge in [0.05, 0.1) is 0 Å². The predicted octanol–water partition coefficient (Wildman–Crippen LogP) is 2.99. The highest BCUT2D eigenvalue weighted by atomic mass is 19.1. The van der Waals surface area contributed by atoms with Gasteiger partial charge < -0.3 is 5.73 Å². The molecule has 0 saturated heterocycles. The van der Waals surface area contributed by atoms with Crippen LogP contribution >= 0.6 is 0 Å². The second-order valence-electron chi connectivity index (χ2n) is 3.72. The first-order valence-electron chi connectivity index (χ1n) is 5.35. The van der Waals surface area contributed by atoms with Gasteiger partial charge in [-0.3, -0.25) is 0 Å². The normalized spacial score (nSPS) is 10.4. The lowest BCUT2D eigenvalue weighted by Gasteiger charge is -2.04. The summed E-state index contributed by atoms with van der Waals surface area (Å²) in [5.41, 5.74) is 8.20. The topological polar surface area (TPSA) is 26.0 Å². The van der Waals surface area contributed by atoms with Gasteiger partial charge in [0.2, 0.25) is 0 Å². The van der Waals surface area contributed by atoms with E-state index in [1.165, 1.54) is 11.6 Å². The highest BCUT2D eigenvalue weighted by molar-refractivity contribution is 5.64. The zero-order valence-electron chi connectivity index (χ0n) is 8.99. The van der Waals surface area contributed by atoms with Crippen molar-refractivity contribution in [1.29, 1.82) is 0 Å². The summed E-state index contributed by atoms with van der Waals surface area (Å²) in [6, 6.07) is 14.7. The molecule has 2 aromatic rings. The van der Waals surface area contributed by atoms with Gasteiger partial charge in [-0.15, -0.1) is 0 Å². The minimum Gasteiger partial charge on any atom is -0.330 e. The molecule has 2 heteroatoms. The number of halogens is 1. The predicted molar refractivity (Wildman–Crippen MR) is 64.6 cm³/mol. The number of benzene rings is 2. The second-order valence-corrected chi connectivity index (χ2v) is 3.72. The first kappa shape index (κ1) is 10.8. The van der Waals surface area contributed by atoms with E-state index >= 15 is 0 Å². The molecule has 0 bridgehead atoms. The Morgan fingerprint density at radius 1 is 0.938 bits per heavy atom. The smallest absolute Gasteiger partial charge is 0.131 e. The second kappa shape index (κ2) is 4.90. The quantitative estimate of drug-likeness (QED) is 0.836. The van der Waals surface area contributed by atoms with Gasteiger partial charge in [0, 0.05) is 5.56 Å². The van der Waals surface area contributed by atoms with Crippen molar-refractivity contribution in [3.8, 4) is 11.1 Å². The van der Waals surface area contributed by atoms with Crippen LogP contribution in [0.5, 0.6) is 0 Å². The van der Waals surface area contributed by atoms with Gasteiger partial charge in [-0.1, -0.05) is 42.5 Å². The van der Waals surface area contributed by atoms with E-state index in [4.69, 9.17) is 5.73 Å². The molecule has 0 heterocycles. The fourth-order valence-corrected chi connectivity index (χ4v) is 1.71. The minimum atomic E-state index is -0.186. The molecule has 0 saturated carbocycles. The Morgan fingerprint density at radius 2 is 1.62 bits per heavy atom. The maximum atomic E-state index is 13.5. The number of hydrogen-bond acceptors (Lipinski definition) is 1. The molecule has 0 aliphatic heterocycles. The van der Waals surface area contributed by atoms with E-state index in [-0.39, 0.29) is 5.82 Å². The molecule has 0 amide bonds. The van der Waals surface area contributed by atoms with Crippen LogP contribution < -0.4 is 5.73 Å². The van der Waals surface area contributed by atoms with Crippen molar-refractivity contribution in [2.24, 2.45) is 5.73 Å². The summed E-state index contributed by atoms with van der Waals surface area (Å²) in [6.07, 6.45) is 0.859. The molecule has 2 rings (SSSR count). The lowest BCUT2D eigenvalue weighted by atomic mass is 10.0. The van der Waals surface area contributed by atoms with Crippen molar-refractivity contribution in [2.75, 3.05) is 6.54 Å². The van der Waals surface area contributed by atoms with E-state index in [2.05, 4.69) is 0 Å². The molecule has 0 unspecified atom stereocenters. The molecule has 0 aliphatic rings. The monoisotopic (exact) mass is 215 g/mol. The van der Waals surface area contributed by atoms with Crippen LogP contribution in [0.4, 0.5) is 4.39 Å². The van der Waals surface area contributed by atoms with E-state index in [1.54, 1.807) is 12.1 Å². The van der Waals surface area contributed by atoms with Crippen LogP contribution in [0, 0.1) is 5.82 Å². The summed E-state index contributed by atoms with van der Waals surface area (Å²) in [7, 11) is 0. The van der Waals surface area contributed by atoms with Gasteiger partial charge in [0.15, 0.2) is 0 Å². The molecule has 2 aromatic carbocycles. The Kier molecular flexibility index (Phi) is 3.32. The Bertz CT molecular complexity index is 462. The van der Waals surface area contributed by atoms with E-state index < -0.39 is 0 Å². The standard InChI is InChI=1S/C14H14FN/c15-14-4-2-1-3-13(14)12-7-5-11(6-8-12)9-10-16/h1-8H,9-10,16H2. The Morgan fingerprint density at radius 3 is 2.25 bits per heavy atom.